The SMILES string of the molecule is Nc1c(C(=O)NC2CCC(c3ccc(OCc4ccccc4)cc3)C2)[nH]c(=O)[nH]c1=O. The zero-order chi connectivity index (χ0) is 21.8. The molecule has 5 N–H and O–H groups in total. The second kappa shape index (κ2) is 8.91. The molecule has 2 atom stereocenters. The third-order valence-electron chi connectivity index (χ3n) is 5.57. The third-order valence-corrected chi connectivity index (χ3v) is 5.57. The van der Waals surface area contributed by atoms with Crippen molar-refractivity contribution in [3.05, 3.63) is 92.3 Å². The number of anilines is 1. The summed E-state index contributed by atoms with van der Waals surface area (Å²) < 4.78 is 5.84. The van der Waals surface area contributed by atoms with E-state index in [4.69, 9.17) is 10.5 Å². The summed E-state index contributed by atoms with van der Waals surface area (Å²) in [7, 11) is 0. The average Bonchev–Trinajstić information content (AvgIpc) is 3.24. The highest BCUT2D eigenvalue weighted by atomic mass is 16.5. The third kappa shape index (κ3) is 4.85. The Morgan fingerprint density at radius 3 is 2.52 bits per heavy atom. The Morgan fingerprint density at radius 1 is 1.03 bits per heavy atom. The summed E-state index contributed by atoms with van der Waals surface area (Å²) in [5.41, 5.74) is 5.91. The van der Waals surface area contributed by atoms with Gasteiger partial charge in [0.05, 0.1) is 0 Å². The van der Waals surface area contributed by atoms with Crippen LogP contribution in [0.15, 0.2) is 64.2 Å². The molecule has 0 radical (unpaired) electrons. The van der Waals surface area contributed by atoms with E-state index in [0.717, 1.165) is 30.6 Å². The number of rotatable bonds is 6. The van der Waals surface area contributed by atoms with Crippen LogP contribution >= 0.6 is 0 Å². The zero-order valence-corrected chi connectivity index (χ0v) is 16.9. The predicted molar refractivity (Wildman–Crippen MR) is 117 cm³/mol. The van der Waals surface area contributed by atoms with E-state index >= 15 is 0 Å². The van der Waals surface area contributed by atoms with E-state index in [-0.39, 0.29) is 17.4 Å². The van der Waals surface area contributed by atoms with Crippen LogP contribution in [0.25, 0.3) is 0 Å². The van der Waals surface area contributed by atoms with Gasteiger partial charge in [-0.15, -0.1) is 0 Å². The van der Waals surface area contributed by atoms with Crippen molar-refractivity contribution < 1.29 is 9.53 Å². The predicted octanol–water partition coefficient (Wildman–Crippen LogP) is 2.29. The number of hydrogen-bond donors (Lipinski definition) is 4. The fourth-order valence-corrected chi connectivity index (χ4v) is 3.93. The summed E-state index contributed by atoms with van der Waals surface area (Å²) >= 11 is 0. The van der Waals surface area contributed by atoms with Gasteiger partial charge in [-0.25, -0.2) is 4.79 Å². The summed E-state index contributed by atoms with van der Waals surface area (Å²) in [6, 6.07) is 18.0. The Morgan fingerprint density at radius 2 is 1.77 bits per heavy atom. The standard InChI is InChI=1S/C23H24N4O4/c24-19-20(26-23(30)27-21(19)28)22(29)25-17-9-6-16(12-17)15-7-10-18(11-8-15)31-13-14-4-2-1-3-5-14/h1-5,7-8,10-11,16-17H,6,9,12-13,24H2,(H,25,29)(H2,26,27,28,30). The topological polar surface area (TPSA) is 130 Å². The molecule has 1 saturated carbocycles. The number of aromatic nitrogens is 2. The molecule has 31 heavy (non-hydrogen) atoms. The summed E-state index contributed by atoms with van der Waals surface area (Å²) in [6.45, 7) is 0.519. The van der Waals surface area contributed by atoms with Gasteiger partial charge in [-0.3, -0.25) is 14.6 Å². The highest BCUT2D eigenvalue weighted by molar-refractivity contribution is 5.96. The molecule has 1 aliphatic carbocycles. The molecule has 1 heterocycles. The first-order chi connectivity index (χ1) is 15.0. The number of nitrogen functional groups attached to an aromatic ring is 1. The summed E-state index contributed by atoms with van der Waals surface area (Å²) in [6.07, 6.45) is 2.50. The summed E-state index contributed by atoms with van der Waals surface area (Å²) in [5, 5.41) is 2.87. The van der Waals surface area contributed by atoms with Gasteiger partial charge in [-0.1, -0.05) is 42.5 Å². The molecule has 0 saturated heterocycles. The van der Waals surface area contributed by atoms with Crippen molar-refractivity contribution in [1.29, 1.82) is 0 Å². The highest BCUT2D eigenvalue weighted by Gasteiger charge is 2.28. The molecule has 0 aliphatic heterocycles. The van der Waals surface area contributed by atoms with Gasteiger partial charge in [-0.2, -0.15) is 0 Å². The van der Waals surface area contributed by atoms with Gasteiger partial charge in [0.1, 0.15) is 23.7 Å². The molecular weight excluding hydrogens is 396 g/mol. The van der Waals surface area contributed by atoms with Crippen molar-refractivity contribution in [2.45, 2.75) is 37.8 Å². The van der Waals surface area contributed by atoms with Crippen LogP contribution in [-0.2, 0) is 6.61 Å². The van der Waals surface area contributed by atoms with Crippen molar-refractivity contribution in [2.24, 2.45) is 0 Å². The number of ether oxygens (including phenoxy) is 1. The largest absolute Gasteiger partial charge is 0.489 e. The Hall–Kier alpha value is -3.81. The lowest BCUT2D eigenvalue weighted by Gasteiger charge is -2.15. The van der Waals surface area contributed by atoms with Crippen LogP contribution in [0.3, 0.4) is 0 Å². The van der Waals surface area contributed by atoms with Gasteiger partial charge in [-0.05, 0) is 48.4 Å². The molecule has 1 fully saturated rings. The van der Waals surface area contributed by atoms with Crippen LogP contribution in [0.4, 0.5) is 5.69 Å². The first-order valence-corrected chi connectivity index (χ1v) is 10.2. The fraction of sp³-hybridized carbons (Fsp3) is 0.261. The first kappa shape index (κ1) is 20.5. The maximum atomic E-state index is 12.5. The molecule has 8 heteroatoms. The Balaban J connectivity index is 1.34. The van der Waals surface area contributed by atoms with E-state index in [1.807, 2.05) is 47.4 Å². The number of benzene rings is 2. The quantitative estimate of drug-likeness (QED) is 0.486. The Labute approximate surface area is 178 Å². The number of aromatic amines is 2. The minimum atomic E-state index is -0.771. The Kier molecular flexibility index (Phi) is 5.88. The van der Waals surface area contributed by atoms with Gasteiger partial charge in [0.2, 0.25) is 0 Å². The van der Waals surface area contributed by atoms with Crippen LogP contribution in [0.2, 0.25) is 0 Å². The second-order valence-corrected chi connectivity index (χ2v) is 7.72. The lowest BCUT2D eigenvalue weighted by molar-refractivity contribution is 0.0933. The maximum absolute atomic E-state index is 12.5. The van der Waals surface area contributed by atoms with E-state index in [0.29, 0.717) is 12.5 Å². The van der Waals surface area contributed by atoms with Crippen LogP contribution in [0.5, 0.6) is 5.75 Å². The molecule has 160 valence electrons. The van der Waals surface area contributed by atoms with Crippen molar-refractivity contribution >= 4 is 11.6 Å². The molecule has 0 bridgehead atoms. The molecule has 8 nitrogen and oxygen atoms in total. The number of carbonyl (C=O) groups is 1. The molecule has 0 spiro atoms. The van der Waals surface area contributed by atoms with Crippen molar-refractivity contribution in [3.63, 3.8) is 0 Å². The lowest BCUT2D eigenvalue weighted by Crippen LogP contribution is -2.37. The molecular formula is C23H24N4O4. The van der Waals surface area contributed by atoms with Gasteiger partial charge in [0.25, 0.3) is 11.5 Å². The van der Waals surface area contributed by atoms with E-state index in [9.17, 15) is 14.4 Å². The minimum Gasteiger partial charge on any atom is -0.489 e. The molecule has 2 aromatic carbocycles. The van der Waals surface area contributed by atoms with Gasteiger partial charge in [0.15, 0.2) is 0 Å². The molecule has 1 aliphatic rings. The normalized spacial score (nSPS) is 17.9. The number of amides is 1. The summed E-state index contributed by atoms with van der Waals surface area (Å²) in [5.74, 6) is 0.573. The van der Waals surface area contributed by atoms with E-state index < -0.39 is 17.2 Å². The number of nitrogens with one attached hydrogen (secondary N) is 3. The summed E-state index contributed by atoms with van der Waals surface area (Å²) in [4.78, 5) is 39.8. The maximum Gasteiger partial charge on any atom is 0.326 e. The zero-order valence-electron chi connectivity index (χ0n) is 16.9. The van der Waals surface area contributed by atoms with Crippen LogP contribution < -0.4 is 27.0 Å². The second-order valence-electron chi connectivity index (χ2n) is 7.72. The van der Waals surface area contributed by atoms with E-state index in [1.165, 1.54) is 5.56 Å². The number of hydrogen-bond acceptors (Lipinski definition) is 5. The molecule has 4 rings (SSSR count). The average molecular weight is 420 g/mol. The number of nitrogens with two attached hydrogens (primary N) is 1. The highest BCUT2D eigenvalue weighted by Crippen LogP contribution is 2.35. The van der Waals surface area contributed by atoms with Crippen molar-refractivity contribution in [2.75, 3.05) is 5.73 Å². The number of carbonyl (C=O) groups excluding carboxylic acids is 1. The molecule has 2 unspecified atom stereocenters. The fourth-order valence-electron chi connectivity index (χ4n) is 3.93. The van der Waals surface area contributed by atoms with Crippen LogP contribution in [0, 0.1) is 0 Å². The van der Waals surface area contributed by atoms with Crippen LogP contribution in [-0.4, -0.2) is 21.9 Å². The first-order valence-electron chi connectivity index (χ1n) is 10.2. The molecule has 1 aromatic heterocycles. The lowest BCUT2D eigenvalue weighted by atomic mass is 9.97. The van der Waals surface area contributed by atoms with E-state index in [1.54, 1.807) is 0 Å². The molecule has 3 aromatic rings. The van der Waals surface area contributed by atoms with Crippen molar-refractivity contribution in [1.82, 2.24) is 15.3 Å². The smallest absolute Gasteiger partial charge is 0.326 e. The minimum absolute atomic E-state index is 0.0614. The van der Waals surface area contributed by atoms with Crippen molar-refractivity contribution in [3.8, 4) is 5.75 Å². The van der Waals surface area contributed by atoms with Gasteiger partial charge >= 0.3 is 5.69 Å². The molecule has 1 amide bonds. The van der Waals surface area contributed by atoms with Crippen LogP contribution in [0.1, 0.15) is 46.8 Å². The monoisotopic (exact) mass is 420 g/mol. The van der Waals surface area contributed by atoms with E-state index in [2.05, 4.69) is 22.4 Å². The number of H-pyrrole nitrogens is 2. The van der Waals surface area contributed by atoms with Gasteiger partial charge in [0, 0.05) is 6.04 Å². The Bertz CT molecular complexity index is 1170. The van der Waals surface area contributed by atoms with Gasteiger partial charge < -0.3 is 20.8 Å².